The Morgan fingerprint density at radius 1 is 1.00 bits per heavy atom. The van der Waals surface area contributed by atoms with Gasteiger partial charge in [-0.2, -0.15) is 13.2 Å². The van der Waals surface area contributed by atoms with Gasteiger partial charge < -0.3 is 0 Å². The molecule has 0 aromatic heterocycles. The lowest BCUT2D eigenvalue weighted by Crippen LogP contribution is -2.34. The van der Waals surface area contributed by atoms with Gasteiger partial charge >= 0.3 is 15.3 Å². The molecule has 0 fully saturated rings. The Morgan fingerprint density at radius 2 is 1.57 bits per heavy atom. The zero-order valence-electron chi connectivity index (χ0n) is 6.58. The van der Waals surface area contributed by atoms with E-state index in [0.717, 1.165) is 6.07 Å². The maximum absolute atomic E-state index is 12.1. The standard InChI is InChI=1S/C7H4F6Si/c8-7(9,10)5-2-1-3-6(4-5)14(11,12)13/h1-4H. The minimum absolute atomic E-state index is 0.145. The van der Waals surface area contributed by atoms with E-state index in [1.54, 1.807) is 0 Å². The molecular weight excluding hydrogens is 226 g/mol. The van der Waals surface area contributed by atoms with Crippen LogP contribution in [0.3, 0.4) is 0 Å². The lowest BCUT2D eigenvalue weighted by molar-refractivity contribution is -0.137. The highest BCUT2D eigenvalue weighted by Gasteiger charge is 2.41. The third kappa shape index (κ3) is 2.50. The van der Waals surface area contributed by atoms with Crippen LogP contribution in [0.4, 0.5) is 25.5 Å². The lowest BCUT2D eigenvalue weighted by Gasteiger charge is -2.08. The van der Waals surface area contributed by atoms with Crippen LogP contribution >= 0.6 is 0 Å². The Bertz CT molecular complexity index is 296. The van der Waals surface area contributed by atoms with Crippen LogP contribution in [-0.4, -0.2) is 9.08 Å². The van der Waals surface area contributed by atoms with Gasteiger partial charge in [-0.05, 0) is 6.07 Å². The molecule has 0 saturated heterocycles. The summed E-state index contributed by atoms with van der Waals surface area (Å²) in [5.41, 5.74) is -1.26. The molecule has 0 aliphatic heterocycles. The Balaban J connectivity index is 3.15. The molecule has 1 aromatic carbocycles. The highest BCUT2D eigenvalue weighted by Crippen LogP contribution is 2.28. The lowest BCUT2D eigenvalue weighted by atomic mass is 10.2. The average molecular weight is 230 g/mol. The number of benzene rings is 1. The van der Waals surface area contributed by atoms with E-state index in [9.17, 15) is 25.5 Å². The molecule has 0 amide bonds. The fourth-order valence-electron chi connectivity index (χ4n) is 0.872. The van der Waals surface area contributed by atoms with Gasteiger partial charge in [-0.25, -0.2) is 12.3 Å². The normalized spacial score (nSPS) is 13.0. The van der Waals surface area contributed by atoms with E-state index in [4.69, 9.17) is 0 Å². The summed E-state index contributed by atoms with van der Waals surface area (Å²) in [4.78, 5) is 0. The fourth-order valence-corrected chi connectivity index (χ4v) is 1.48. The SMILES string of the molecule is FC(F)(F)c1cccc([Si](F)(F)F)c1. The van der Waals surface area contributed by atoms with Crippen LogP contribution < -0.4 is 5.19 Å². The summed E-state index contributed by atoms with van der Waals surface area (Å²) in [6.07, 6.45) is -4.73. The second-order valence-electron chi connectivity index (χ2n) is 2.58. The van der Waals surface area contributed by atoms with Crippen molar-refractivity contribution in [1.82, 2.24) is 0 Å². The molecule has 0 unspecified atom stereocenters. The summed E-state index contributed by atoms with van der Waals surface area (Å²) in [5.74, 6) is 0. The van der Waals surface area contributed by atoms with Crippen LogP contribution in [0.2, 0.25) is 0 Å². The largest absolute Gasteiger partial charge is 0.653 e. The first-order valence-corrected chi connectivity index (χ1v) is 5.09. The molecule has 0 saturated carbocycles. The second-order valence-corrected chi connectivity index (χ2v) is 4.15. The van der Waals surface area contributed by atoms with Crippen molar-refractivity contribution in [3.8, 4) is 0 Å². The first-order chi connectivity index (χ1) is 6.21. The molecule has 78 valence electrons. The van der Waals surface area contributed by atoms with Gasteiger partial charge in [0.2, 0.25) is 0 Å². The van der Waals surface area contributed by atoms with E-state index < -0.39 is 26.0 Å². The summed E-state index contributed by atoms with van der Waals surface area (Å²) in [6.45, 7) is 0. The van der Waals surface area contributed by atoms with E-state index >= 15 is 0 Å². The third-order valence-electron chi connectivity index (χ3n) is 1.52. The van der Waals surface area contributed by atoms with E-state index in [-0.39, 0.29) is 6.07 Å². The van der Waals surface area contributed by atoms with Crippen molar-refractivity contribution in [3.05, 3.63) is 29.8 Å². The molecule has 0 atom stereocenters. The fraction of sp³-hybridized carbons (Fsp3) is 0.143. The second kappa shape index (κ2) is 3.30. The summed E-state index contributed by atoms with van der Waals surface area (Å²) >= 11 is 0. The van der Waals surface area contributed by atoms with Crippen LogP contribution in [0.1, 0.15) is 5.56 Å². The molecule has 7 heteroatoms. The van der Waals surface area contributed by atoms with Crippen molar-refractivity contribution < 1.29 is 25.5 Å². The van der Waals surface area contributed by atoms with E-state index in [1.165, 1.54) is 0 Å². The Morgan fingerprint density at radius 3 is 2.00 bits per heavy atom. The van der Waals surface area contributed by atoms with E-state index in [1.807, 2.05) is 0 Å². The predicted molar refractivity (Wildman–Crippen MR) is 40.2 cm³/mol. The Kier molecular flexibility index (Phi) is 2.62. The molecule has 1 rings (SSSR count). The highest BCUT2D eigenvalue weighted by molar-refractivity contribution is 6.73. The summed E-state index contributed by atoms with van der Waals surface area (Å²) < 4.78 is 72.4. The smallest absolute Gasteiger partial charge is 0.234 e. The molecule has 0 bridgehead atoms. The summed E-state index contributed by atoms with van der Waals surface area (Å²) in [6, 6.07) is 2.18. The Hall–Kier alpha value is -0.983. The van der Waals surface area contributed by atoms with E-state index in [2.05, 4.69) is 0 Å². The van der Waals surface area contributed by atoms with Gasteiger partial charge in [0, 0.05) is 5.19 Å². The molecule has 0 radical (unpaired) electrons. The van der Waals surface area contributed by atoms with Crippen LogP contribution in [0.15, 0.2) is 24.3 Å². The van der Waals surface area contributed by atoms with Crippen LogP contribution in [0.25, 0.3) is 0 Å². The molecule has 0 nitrogen and oxygen atoms in total. The van der Waals surface area contributed by atoms with Crippen LogP contribution in [-0.2, 0) is 6.18 Å². The third-order valence-corrected chi connectivity index (χ3v) is 2.48. The van der Waals surface area contributed by atoms with Gasteiger partial charge in [-0.3, -0.25) is 0 Å². The van der Waals surface area contributed by atoms with E-state index in [0.29, 0.717) is 12.1 Å². The molecule has 0 heterocycles. The summed E-state index contributed by atoms with van der Waals surface area (Å²) in [5, 5.41) is -1.16. The first kappa shape index (κ1) is 11.1. The number of halogens is 6. The topological polar surface area (TPSA) is 0 Å². The van der Waals surface area contributed by atoms with Gasteiger partial charge in [0.05, 0.1) is 5.56 Å². The van der Waals surface area contributed by atoms with Gasteiger partial charge in [0.15, 0.2) is 0 Å². The van der Waals surface area contributed by atoms with Crippen molar-refractivity contribution >= 4 is 14.3 Å². The van der Waals surface area contributed by atoms with Crippen molar-refractivity contribution in [2.24, 2.45) is 0 Å². The minimum atomic E-state index is -6.14. The zero-order valence-corrected chi connectivity index (χ0v) is 7.58. The molecular formula is C7H4F6Si. The van der Waals surface area contributed by atoms with Crippen LogP contribution in [0.5, 0.6) is 0 Å². The minimum Gasteiger partial charge on any atom is -0.234 e. The number of rotatable bonds is 1. The molecule has 0 aliphatic carbocycles. The quantitative estimate of drug-likeness (QED) is 0.395. The average Bonchev–Trinajstić information content (AvgIpc) is 2.01. The van der Waals surface area contributed by atoms with Crippen molar-refractivity contribution in [2.45, 2.75) is 6.18 Å². The highest BCUT2D eigenvalue weighted by atomic mass is 28.5. The maximum atomic E-state index is 12.1. The van der Waals surface area contributed by atoms with Crippen LogP contribution in [0, 0.1) is 0 Å². The van der Waals surface area contributed by atoms with Crippen molar-refractivity contribution in [1.29, 1.82) is 0 Å². The Labute approximate surface area is 76.7 Å². The molecule has 0 N–H and O–H groups in total. The van der Waals surface area contributed by atoms with Crippen molar-refractivity contribution in [3.63, 3.8) is 0 Å². The molecule has 0 aliphatic rings. The molecule has 14 heavy (non-hydrogen) atoms. The number of hydrogen-bond acceptors (Lipinski definition) is 0. The van der Waals surface area contributed by atoms with Gasteiger partial charge in [-0.15, -0.1) is 0 Å². The molecule has 0 spiro atoms. The van der Waals surface area contributed by atoms with Gasteiger partial charge in [0.1, 0.15) is 0 Å². The predicted octanol–water partition coefficient (Wildman–Crippen LogP) is 2.76. The number of alkyl halides is 3. The number of hydrogen-bond donors (Lipinski definition) is 0. The molecule has 1 aromatic rings. The van der Waals surface area contributed by atoms with Gasteiger partial charge in [-0.1, -0.05) is 18.2 Å². The van der Waals surface area contributed by atoms with Crippen molar-refractivity contribution in [2.75, 3.05) is 0 Å². The monoisotopic (exact) mass is 230 g/mol. The van der Waals surface area contributed by atoms with Gasteiger partial charge in [0.25, 0.3) is 0 Å². The zero-order chi connectivity index (χ0) is 11.0. The summed E-state index contributed by atoms with van der Waals surface area (Å²) in [7, 11) is -6.14. The first-order valence-electron chi connectivity index (χ1n) is 3.46. The maximum Gasteiger partial charge on any atom is 0.653 e.